The van der Waals surface area contributed by atoms with E-state index in [0.717, 1.165) is 44.9 Å². The van der Waals surface area contributed by atoms with Crippen molar-refractivity contribution in [2.45, 2.75) is 85.2 Å². The first-order valence-corrected chi connectivity index (χ1v) is 8.78. The van der Waals surface area contributed by atoms with Crippen molar-refractivity contribution in [2.75, 3.05) is 0 Å². The number of rotatable bonds is 1. The molecular weight excluding hydrogens is 258 g/mol. The summed E-state index contributed by atoms with van der Waals surface area (Å²) in [5.41, 5.74) is -0.956. The molecule has 2 rings (SSSR count). The minimum atomic E-state index is -0.767. The molecule has 3 unspecified atom stereocenters. The van der Waals surface area contributed by atoms with E-state index in [0.29, 0.717) is 17.3 Å². The van der Waals surface area contributed by atoms with Crippen LogP contribution in [0.4, 0.5) is 0 Å². The summed E-state index contributed by atoms with van der Waals surface area (Å²) >= 11 is 0. The third kappa shape index (κ3) is 2.87. The lowest BCUT2D eigenvalue weighted by Gasteiger charge is -2.53. The molecule has 0 spiro atoms. The number of aliphatic hydroxyl groups is 1. The fourth-order valence-corrected chi connectivity index (χ4v) is 4.96. The van der Waals surface area contributed by atoms with Gasteiger partial charge in [0.25, 0.3) is 0 Å². The van der Waals surface area contributed by atoms with Crippen LogP contribution in [-0.2, 0) is 0 Å². The monoisotopic (exact) mass is 291 g/mol. The second-order valence-corrected chi connectivity index (χ2v) is 9.04. The highest BCUT2D eigenvalue weighted by Gasteiger charge is 2.56. The van der Waals surface area contributed by atoms with Gasteiger partial charge in [0.15, 0.2) is 0 Å². The molecule has 0 aromatic rings. The Labute approximate surface area is 130 Å². The molecule has 2 nitrogen and oxygen atoms in total. The molecule has 1 N–H and O–H groups in total. The van der Waals surface area contributed by atoms with E-state index < -0.39 is 11.0 Å². The summed E-state index contributed by atoms with van der Waals surface area (Å²) in [4.78, 5) is 0. The Morgan fingerprint density at radius 1 is 1.05 bits per heavy atom. The average Bonchev–Trinajstić information content (AvgIpc) is 2.42. The van der Waals surface area contributed by atoms with Gasteiger partial charge >= 0.3 is 0 Å². The maximum Gasteiger partial charge on any atom is 0.0863 e. The summed E-state index contributed by atoms with van der Waals surface area (Å²) in [6.45, 7) is 11.3. The molecule has 2 aliphatic rings. The Morgan fingerprint density at radius 3 is 2.05 bits per heavy atom. The summed E-state index contributed by atoms with van der Waals surface area (Å²) in [6, 6.07) is 2.59. The van der Waals surface area contributed by atoms with Crippen LogP contribution in [0.1, 0.15) is 79.6 Å². The fraction of sp³-hybridized carbons (Fsp3) is 0.947. The molecule has 0 radical (unpaired) electrons. The number of nitrogens with zero attached hydrogens (tertiary/aromatic N) is 1. The first kappa shape index (κ1) is 16.8. The summed E-state index contributed by atoms with van der Waals surface area (Å²) in [5.74, 6) is 1.61. The van der Waals surface area contributed by atoms with Gasteiger partial charge in [0, 0.05) is 0 Å². The Kier molecular flexibility index (Phi) is 4.47. The van der Waals surface area contributed by atoms with Crippen LogP contribution in [0.15, 0.2) is 0 Å². The van der Waals surface area contributed by atoms with Gasteiger partial charge in [0.05, 0.1) is 17.1 Å². The van der Waals surface area contributed by atoms with E-state index in [1.54, 1.807) is 0 Å². The van der Waals surface area contributed by atoms with Gasteiger partial charge in [-0.3, -0.25) is 0 Å². The van der Waals surface area contributed by atoms with Gasteiger partial charge in [-0.1, -0.05) is 34.6 Å². The second-order valence-electron chi connectivity index (χ2n) is 9.04. The van der Waals surface area contributed by atoms with E-state index in [1.165, 1.54) is 0 Å². The van der Waals surface area contributed by atoms with Crippen molar-refractivity contribution in [3.8, 4) is 6.07 Å². The van der Waals surface area contributed by atoms with Crippen LogP contribution in [0.5, 0.6) is 0 Å². The van der Waals surface area contributed by atoms with Crippen molar-refractivity contribution >= 4 is 0 Å². The third-order valence-corrected chi connectivity index (χ3v) is 6.70. The molecule has 0 heterocycles. The van der Waals surface area contributed by atoms with E-state index in [4.69, 9.17) is 0 Å². The minimum Gasteiger partial charge on any atom is -0.388 e. The van der Waals surface area contributed by atoms with Crippen LogP contribution in [0.3, 0.4) is 0 Å². The Morgan fingerprint density at radius 2 is 1.62 bits per heavy atom. The fourth-order valence-electron chi connectivity index (χ4n) is 4.96. The standard InChI is InChI=1S/C19H33NO/c1-14-6-11-19(21,15(2)12-14)18(13-20)9-7-16(8-10-18)17(3,4)5/h14-16,21H,6-12H2,1-5H3. The molecular formula is C19H33NO. The van der Waals surface area contributed by atoms with E-state index in [-0.39, 0.29) is 5.92 Å². The van der Waals surface area contributed by atoms with Gasteiger partial charge in [-0.2, -0.15) is 5.26 Å². The number of hydrogen-bond acceptors (Lipinski definition) is 2. The molecule has 2 saturated carbocycles. The van der Waals surface area contributed by atoms with E-state index in [2.05, 4.69) is 40.7 Å². The molecule has 0 bridgehead atoms. The van der Waals surface area contributed by atoms with Gasteiger partial charge < -0.3 is 5.11 Å². The zero-order valence-electron chi connectivity index (χ0n) is 14.6. The summed E-state index contributed by atoms with van der Waals surface area (Å²) in [6.07, 6.45) is 6.85. The van der Waals surface area contributed by atoms with Crippen molar-refractivity contribution in [1.29, 1.82) is 5.26 Å². The third-order valence-electron chi connectivity index (χ3n) is 6.70. The van der Waals surface area contributed by atoms with Crippen LogP contribution in [0.2, 0.25) is 0 Å². The largest absolute Gasteiger partial charge is 0.388 e. The molecule has 0 amide bonds. The Balaban J connectivity index is 2.19. The van der Waals surface area contributed by atoms with Crippen LogP contribution in [0.25, 0.3) is 0 Å². The van der Waals surface area contributed by atoms with Gasteiger partial charge in [0.1, 0.15) is 0 Å². The zero-order valence-corrected chi connectivity index (χ0v) is 14.6. The molecule has 120 valence electrons. The summed E-state index contributed by atoms with van der Waals surface area (Å²) in [7, 11) is 0. The average molecular weight is 291 g/mol. The van der Waals surface area contributed by atoms with Gasteiger partial charge in [-0.25, -0.2) is 0 Å². The first-order chi connectivity index (χ1) is 9.64. The normalized spacial score (nSPS) is 45.1. The van der Waals surface area contributed by atoms with Gasteiger partial charge in [-0.15, -0.1) is 0 Å². The predicted molar refractivity (Wildman–Crippen MR) is 86.6 cm³/mol. The van der Waals surface area contributed by atoms with Crippen LogP contribution in [0, 0.1) is 39.9 Å². The molecule has 2 heteroatoms. The Hall–Kier alpha value is -0.550. The lowest BCUT2D eigenvalue weighted by molar-refractivity contribution is -0.145. The molecule has 2 fully saturated rings. The van der Waals surface area contributed by atoms with Crippen molar-refractivity contribution < 1.29 is 5.11 Å². The SMILES string of the molecule is CC1CCC(O)(C2(C#N)CCC(C(C)(C)C)CC2)C(C)C1. The first-order valence-electron chi connectivity index (χ1n) is 8.78. The second kappa shape index (κ2) is 5.58. The maximum absolute atomic E-state index is 11.4. The number of nitriles is 1. The Bertz CT molecular complexity index is 408. The van der Waals surface area contributed by atoms with Crippen LogP contribution >= 0.6 is 0 Å². The van der Waals surface area contributed by atoms with E-state index in [9.17, 15) is 10.4 Å². The zero-order chi connectivity index (χ0) is 15.9. The molecule has 0 aliphatic heterocycles. The molecule has 2 aliphatic carbocycles. The molecule has 0 aromatic heterocycles. The van der Waals surface area contributed by atoms with E-state index >= 15 is 0 Å². The van der Waals surface area contributed by atoms with Crippen molar-refractivity contribution in [3.63, 3.8) is 0 Å². The highest BCUT2D eigenvalue weighted by Crippen LogP contribution is 2.56. The highest BCUT2D eigenvalue weighted by atomic mass is 16.3. The lowest BCUT2D eigenvalue weighted by atomic mass is 9.52. The predicted octanol–water partition coefficient (Wildman–Crippen LogP) is 4.92. The van der Waals surface area contributed by atoms with Crippen LogP contribution < -0.4 is 0 Å². The van der Waals surface area contributed by atoms with Gasteiger partial charge in [-0.05, 0) is 68.1 Å². The van der Waals surface area contributed by atoms with Crippen LogP contribution in [-0.4, -0.2) is 10.7 Å². The molecule has 3 atom stereocenters. The molecule has 0 saturated heterocycles. The smallest absolute Gasteiger partial charge is 0.0863 e. The van der Waals surface area contributed by atoms with Crippen molar-refractivity contribution in [3.05, 3.63) is 0 Å². The van der Waals surface area contributed by atoms with Gasteiger partial charge in [0.2, 0.25) is 0 Å². The summed E-state index contributed by atoms with van der Waals surface area (Å²) < 4.78 is 0. The highest BCUT2D eigenvalue weighted by molar-refractivity contribution is 5.16. The van der Waals surface area contributed by atoms with Crippen molar-refractivity contribution in [2.24, 2.45) is 28.6 Å². The molecule has 0 aromatic carbocycles. The van der Waals surface area contributed by atoms with E-state index in [1.807, 2.05) is 0 Å². The minimum absolute atomic E-state index is 0.243. The maximum atomic E-state index is 11.4. The topological polar surface area (TPSA) is 44.0 Å². The quantitative estimate of drug-likeness (QED) is 0.745. The number of hydrogen-bond donors (Lipinski definition) is 1. The molecule has 21 heavy (non-hydrogen) atoms. The van der Waals surface area contributed by atoms with Crippen molar-refractivity contribution in [1.82, 2.24) is 0 Å². The lowest BCUT2D eigenvalue weighted by Crippen LogP contribution is -2.56. The summed E-state index contributed by atoms with van der Waals surface area (Å²) in [5, 5.41) is 21.3.